The predicted octanol–water partition coefficient (Wildman–Crippen LogP) is 4.28. The third-order valence-corrected chi connectivity index (χ3v) is 5.02. The van der Waals surface area contributed by atoms with E-state index in [2.05, 4.69) is 10.6 Å². The maximum atomic E-state index is 12.6. The highest BCUT2D eigenvalue weighted by Gasteiger charge is 2.22. The summed E-state index contributed by atoms with van der Waals surface area (Å²) in [4.78, 5) is 36.2. The van der Waals surface area contributed by atoms with Crippen LogP contribution < -0.4 is 15.4 Å². The van der Waals surface area contributed by atoms with Crippen LogP contribution in [0.4, 0.5) is 10.5 Å². The van der Waals surface area contributed by atoms with Crippen molar-refractivity contribution in [3.8, 4) is 5.75 Å². The minimum absolute atomic E-state index is 0.0748. The van der Waals surface area contributed by atoms with Gasteiger partial charge in [0.05, 0.1) is 6.61 Å². The molecule has 1 aliphatic carbocycles. The van der Waals surface area contributed by atoms with Gasteiger partial charge >= 0.3 is 6.16 Å². The van der Waals surface area contributed by atoms with E-state index in [1.54, 1.807) is 25.1 Å². The number of amides is 2. The molecule has 0 bridgehead atoms. The van der Waals surface area contributed by atoms with E-state index in [0.717, 1.165) is 31.2 Å². The number of rotatable bonds is 7. The van der Waals surface area contributed by atoms with Gasteiger partial charge in [-0.3, -0.25) is 9.59 Å². The number of hydrogen-bond donors (Lipinski definition) is 2. The molecule has 1 aliphatic rings. The monoisotopic (exact) mass is 410 g/mol. The van der Waals surface area contributed by atoms with E-state index in [9.17, 15) is 14.4 Å². The van der Waals surface area contributed by atoms with Crippen molar-refractivity contribution in [2.45, 2.75) is 39.2 Å². The van der Waals surface area contributed by atoms with Gasteiger partial charge in [-0.2, -0.15) is 0 Å². The van der Waals surface area contributed by atoms with E-state index in [1.165, 1.54) is 12.1 Å². The number of carbonyl (C=O) groups is 3. The highest BCUT2D eigenvalue weighted by Crippen LogP contribution is 2.25. The van der Waals surface area contributed by atoms with Crippen LogP contribution in [-0.2, 0) is 16.1 Å². The van der Waals surface area contributed by atoms with Crippen LogP contribution in [0.15, 0.2) is 48.5 Å². The second kappa shape index (κ2) is 10.4. The Morgan fingerprint density at radius 1 is 1.00 bits per heavy atom. The summed E-state index contributed by atoms with van der Waals surface area (Å²) in [6.45, 7) is 2.27. The zero-order valence-corrected chi connectivity index (χ0v) is 17.0. The number of hydrogen-bond acceptors (Lipinski definition) is 5. The minimum atomic E-state index is -0.789. The number of para-hydroxylation sites is 1. The maximum absolute atomic E-state index is 12.6. The van der Waals surface area contributed by atoms with Crippen LogP contribution in [0.2, 0.25) is 0 Å². The number of ether oxygens (including phenoxy) is 2. The number of anilines is 1. The van der Waals surface area contributed by atoms with Gasteiger partial charge in [0.1, 0.15) is 5.75 Å². The highest BCUT2D eigenvalue weighted by molar-refractivity contribution is 6.04. The molecule has 0 aliphatic heterocycles. The third kappa shape index (κ3) is 5.83. The Labute approximate surface area is 175 Å². The Bertz CT molecular complexity index is 889. The second-order valence-corrected chi connectivity index (χ2v) is 7.12. The average Bonchev–Trinajstić information content (AvgIpc) is 3.28. The van der Waals surface area contributed by atoms with Crippen molar-refractivity contribution in [2.24, 2.45) is 5.92 Å². The molecule has 30 heavy (non-hydrogen) atoms. The standard InChI is InChI=1S/C23H26N2O5/c1-2-29-23(28)30-19-13-11-17(12-14-19)22(27)25-20-10-6-5-9-18(20)15-24-21(26)16-7-3-4-8-16/h5-6,9-14,16H,2-4,7-8,15H2,1H3,(H,24,26)(H,25,27). The molecule has 2 N–H and O–H groups in total. The minimum Gasteiger partial charge on any atom is -0.434 e. The first-order chi connectivity index (χ1) is 14.6. The molecule has 1 fully saturated rings. The van der Waals surface area contributed by atoms with Gasteiger partial charge in [-0.25, -0.2) is 4.79 Å². The van der Waals surface area contributed by atoms with Crippen molar-refractivity contribution in [3.05, 3.63) is 59.7 Å². The van der Waals surface area contributed by atoms with Crippen LogP contribution in [-0.4, -0.2) is 24.6 Å². The molecule has 2 aromatic carbocycles. The van der Waals surface area contributed by atoms with Crippen molar-refractivity contribution < 1.29 is 23.9 Å². The summed E-state index contributed by atoms with van der Waals surface area (Å²) in [6.07, 6.45) is 3.31. The lowest BCUT2D eigenvalue weighted by molar-refractivity contribution is -0.124. The molecule has 0 heterocycles. The van der Waals surface area contributed by atoms with Crippen LogP contribution >= 0.6 is 0 Å². The van der Waals surface area contributed by atoms with Crippen molar-refractivity contribution >= 4 is 23.7 Å². The van der Waals surface area contributed by atoms with Crippen molar-refractivity contribution in [2.75, 3.05) is 11.9 Å². The summed E-state index contributed by atoms with van der Waals surface area (Å²) in [7, 11) is 0. The Morgan fingerprint density at radius 2 is 1.70 bits per heavy atom. The molecule has 0 radical (unpaired) electrons. The molecule has 158 valence electrons. The lowest BCUT2D eigenvalue weighted by Crippen LogP contribution is -2.29. The van der Waals surface area contributed by atoms with E-state index in [4.69, 9.17) is 9.47 Å². The van der Waals surface area contributed by atoms with E-state index in [1.807, 2.05) is 18.2 Å². The summed E-state index contributed by atoms with van der Waals surface area (Å²) in [5.74, 6) is 0.167. The quantitative estimate of drug-likeness (QED) is 0.525. The van der Waals surface area contributed by atoms with Gasteiger partial charge in [0, 0.05) is 23.7 Å². The fourth-order valence-corrected chi connectivity index (χ4v) is 3.42. The zero-order valence-electron chi connectivity index (χ0n) is 17.0. The molecule has 0 aromatic heterocycles. The molecule has 0 unspecified atom stereocenters. The van der Waals surface area contributed by atoms with E-state index in [0.29, 0.717) is 23.5 Å². The molecular formula is C23H26N2O5. The molecule has 2 aromatic rings. The van der Waals surface area contributed by atoms with Crippen LogP contribution in [0.1, 0.15) is 48.5 Å². The van der Waals surface area contributed by atoms with Crippen LogP contribution in [0, 0.1) is 5.92 Å². The first-order valence-electron chi connectivity index (χ1n) is 10.2. The Morgan fingerprint density at radius 3 is 2.40 bits per heavy atom. The van der Waals surface area contributed by atoms with E-state index in [-0.39, 0.29) is 24.3 Å². The van der Waals surface area contributed by atoms with Gasteiger partial charge in [-0.05, 0) is 55.7 Å². The molecule has 1 saturated carbocycles. The first kappa shape index (κ1) is 21.4. The third-order valence-electron chi connectivity index (χ3n) is 5.02. The first-order valence-corrected chi connectivity index (χ1v) is 10.2. The number of nitrogens with one attached hydrogen (secondary N) is 2. The van der Waals surface area contributed by atoms with E-state index < -0.39 is 6.16 Å². The van der Waals surface area contributed by atoms with Gasteiger partial charge in [0.2, 0.25) is 5.91 Å². The normalized spacial score (nSPS) is 13.5. The van der Waals surface area contributed by atoms with Gasteiger partial charge in [-0.1, -0.05) is 31.0 Å². The van der Waals surface area contributed by atoms with Crippen LogP contribution in [0.25, 0.3) is 0 Å². The molecular weight excluding hydrogens is 384 g/mol. The topological polar surface area (TPSA) is 93.7 Å². The predicted molar refractivity (Wildman–Crippen MR) is 112 cm³/mol. The Hall–Kier alpha value is -3.35. The lowest BCUT2D eigenvalue weighted by Gasteiger charge is -2.14. The fraction of sp³-hybridized carbons (Fsp3) is 0.348. The molecule has 3 rings (SSSR count). The fourth-order valence-electron chi connectivity index (χ4n) is 3.42. The summed E-state index contributed by atoms with van der Waals surface area (Å²) in [6, 6.07) is 13.6. The second-order valence-electron chi connectivity index (χ2n) is 7.12. The van der Waals surface area contributed by atoms with Gasteiger partial charge in [0.15, 0.2) is 0 Å². The Kier molecular flexibility index (Phi) is 7.43. The highest BCUT2D eigenvalue weighted by atomic mass is 16.7. The van der Waals surface area contributed by atoms with Crippen molar-refractivity contribution in [1.82, 2.24) is 5.32 Å². The number of carbonyl (C=O) groups excluding carboxylic acids is 3. The lowest BCUT2D eigenvalue weighted by atomic mass is 10.1. The molecule has 0 spiro atoms. The molecule has 2 amide bonds. The van der Waals surface area contributed by atoms with Crippen molar-refractivity contribution in [1.29, 1.82) is 0 Å². The molecule has 7 nitrogen and oxygen atoms in total. The smallest absolute Gasteiger partial charge is 0.434 e. The maximum Gasteiger partial charge on any atom is 0.513 e. The number of benzene rings is 2. The Balaban J connectivity index is 1.59. The van der Waals surface area contributed by atoms with Crippen LogP contribution in [0.5, 0.6) is 5.75 Å². The SMILES string of the molecule is CCOC(=O)Oc1ccc(C(=O)Nc2ccccc2CNC(=O)C2CCCC2)cc1. The van der Waals surface area contributed by atoms with Crippen LogP contribution in [0.3, 0.4) is 0 Å². The van der Waals surface area contributed by atoms with Crippen molar-refractivity contribution in [3.63, 3.8) is 0 Å². The average molecular weight is 410 g/mol. The molecule has 0 atom stereocenters. The van der Waals surface area contributed by atoms with Gasteiger partial charge < -0.3 is 20.1 Å². The van der Waals surface area contributed by atoms with Gasteiger partial charge in [0.25, 0.3) is 5.91 Å². The van der Waals surface area contributed by atoms with E-state index >= 15 is 0 Å². The largest absolute Gasteiger partial charge is 0.513 e. The summed E-state index contributed by atoms with van der Waals surface area (Å²) >= 11 is 0. The zero-order chi connectivity index (χ0) is 21.3. The summed E-state index contributed by atoms with van der Waals surface area (Å²) < 4.78 is 9.71. The molecule has 7 heteroatoms. The summed E-state index contributed by atoms with van der Waals surface area (Å²) in [5.41, 5.74) is 1.89. The summed E-state index contributed by atoms with van der Waals surface area (Å²) in [5, 5.41) is 5.86. The molecule has 0 saturated heterocycles. The van der Waals surface area contributed by atoms with Gasteiger partial charge in [-0.15, -0.1) is 0 Å².